The number of rotatable bonds is 2. The monoisotopic (exact) mass is 227 g/mol. The molecule has 17 heavy (non-hydrogen) atoms. The van der Waals surface area contributed by atoms with Gasteiger partial charge in [0.2, 0.25) is 0 Å². The van der Waals surface area contributed by atoms with Crippen molar-refractivity contribution in [3.63, 3.8) is 0 Å². The molecule has 0 radical (unpaired) electrons. The van der Waals surface area contributed by atoms with E-state index in [2.05, 4.69) is 20.0 Å². The zero-order chi connectivity index (χ0) is 11.7. The van der Waals surface area contributed by atoms with Gasteiger partial charge < -0.3 is 14.8 Å². The highest BCUT2D eigenvalue weighted by Gasteiger charge is 2.11. The van der Waals surface area contributed by atoms with E-state index in [9.17, 15) is 4.79 Å². The van der Waals surface area contributed by atoms with E-state index in [0.717, 1.165) is 10.9 Å². The van der Waals surface area contributed by atoms with E-state index < -0.39 is 0 Å². The average molecular weight is 227 g/mol. The molecule has 3 rings (SSSR count). The summed E-state index contributed by atoms with van der Waals surface area (Å²) in [6.07, 6.45) is 3.21. The number of hydrogen-bond donors (Lipinski definition) is 2. The second-order valence-corrected chi connectivity index (χ2v) is 3.58. The van der Waals surface area contributed by atoms with Crippen LogP contribution in [0.2, 0.25) is 0 Å². The van der Waals surface area contributed by atoms with E-state index in [1.165, 1.54) is 6.26 Å². The van der Waals surface area contributed by atoms with Gasteiger partial charge in [0.1, 0.15) is 6.26 Å². The van der Waals surface area contributed by atoms with Crippen LogP contribution in [0.3, 0.4) is 0 Å². The Labute approximate surface area is 96.4 Å². The molecular weight excluding hydrogens is 218 g/mol. The third-order valence-corrected chi connectivity index (χ3v) is 2.52. The Morgan fingerprint density at radius 2 is 2.24 bits per heavy atom. The number of anilines is 1. The van der Waals surface area contributed by atoms with Gasteiger partial charge in [-0.25, -0.2) is 0 Å². The van der Waals surface area contributed by atoms with Gasteiger partial charge in [0, 0.05) is 28.7 Å². The van der Waals surface area contributed by atoms with Crippen LogP contribution >= 0.6 is 0 Å². The first-order valence-corrected chi connectivity index (χ1v) is 5.12. The van der Waals surface area contributed by atoms with Crippen molar-refractivity contribution in [1.82, 2.24) is 10.1 Å². The number of nitrogens with one attached hydrogen (secondary N) is 2. The van der Waals surface area contributed by atoms with E-state index >= 15 is 0 Å². The first kappa shape index (κ1) is 9.65. The maximum atomic E-state index is 12.0. The highest BCUT2D eigenvalue weighted by molar-refractivity contribution is 6.12. The number of hydrogen-bond acceptors (Lipinski definition) is 3. The summed E-state index contributed by atoms with van der Waals surface area (Å²) in [6.45, 7) is 0. The SMILES string of the molecule is O=C(Nc1ccon1)c1cccc2[nH]ccc12. The summed E-state index contributed by atoms with van der Waals surface area (Å²) in [7, 11) is 0. The normalized spacial score (nSPS) is 10.6. The lowest BCUT2D eigenvalue weighted by Crippen LogP contribution is -2.12. The van der Waals surface area contributed by atoms with E-state index in [4.69, 9.17) is 0 Å². The predicted molar refractivity (Wildman–Crippen MR) is 62.8 cm³/mol. The number of aromatic nitrogens is 2. The van der Waals surface area contributed by atoms with Crippen LogP contribution in [0.25, 0.3) is 10.9 Å². The lowest BCUT2D eigenvalue weighted by atomic mass is 10.1. The Morgan fingerprint density at radius 1 is 1.29 bits per heavy atom. The number of benzene rings is 1. The molecule has 0 bridgehead atoms. The number of H-pyrrole nitrogens is 1. The van der Waals surface area contributed by atoms with Crippen LogP contribution < -0.4 is 5.32 Å². The van der Waals surface area contributed by atoms with Crippen LogP contribution in [0.5, 0.6) is 0 Å². The van der Waals surface area contributed by atoms with Gasteiger partial charge in [-0.1, -0.05) is 11.2 Å². The van der Waals surface area contributed by atoms with Crippen molar-refractivity contribution < 1.29 is 9.32 Å². The van der Waals surface area contributed by atoms with Crippen molar-refractivity contribution in [3.05, 3.63) is 48.4 Å². The van der Waals surface area contributed by atoms with E-state index in [0.29, 0.717) is 11.4 Å². The summed E-state index contributed by atoms with van der Waals surface area (Å²) in [4.78, 5) is 15.1. The lowest BCUT2D eigenvalue weighted by molar-refractivity contribution is 0.102. The fourth-order valence-corrected chi connectivity index (χ4v) is 1.74. The lowest BCUT2D eigenvalue weighted by Gasteiger charge is -2.02. The largest absolute Gasteiger partial charge is 0.363 e. The zero-order valence-electron chi connectivity index (χ0n) is 8.81. The highest BCUT2D eigenvalue weighted by atomic mass is 16.5. The molecule has 0 saturated heterocycles. The van der Waals surface area contributed by atoms with E-state index in [1.807, 2.05) is 18.2 Å². The molecule has 5 heteroatoms. The molecule has 3 aromatic rings. The van der Waals surface area contributed by atoms with Gasteiger partial charge in [0.25, 0.3) is 5.91 Å². The van der Waals surface area contributed by atoms with Crippen molar-refractivity contribution in [1.29, 1.82) is 0 Å². The van der Waals surface area contributed by atoms with Crippen molar-refractivity contribution >= 4 is 22.6 Å². The minimum Gasteiger partial charge on any atom is -0.363 e. The smallest absolute Gasteiger partial charge is 0.257 e. The van der Waals surface area contributed by atoms with Crippen LogP contribution in [0.15, 0.2) is 47.3 Å². The number of aromatic amines is 1. The summed E-state index contributed by atoms with van der Waals surface area (Å²) in [5.74, 6) is 0.201. The standard InChI is InChI=1S/C12H9N3O2/c16-12(14-11-5-7-17-15-11)9-2-1-3-10-8(9)4-6-13-10/h1-7,13H,(H,14,15,16). The van der Waals surface area contributed by atoms with E-state index in [1.54, 1.807) is 18.3 Å². The van der Waals surface area contributed by atoms with Crippen LogP contribution in [-0.4, -0.2) is 16.0 Å². The minimum atomic E-state index is -0.205. The highest BCUT2D eigenvalue weighted by Crippen LogP contribution is 2.18. The third-order valence-electron chi connectivity index (χ3n) is 2.52. The molecule has 0 aliphatic rings. The third kappa shape index (κ3) is 1.67. The fourth-order valence-electron chi connectivity index (χ4n) is 1.74. The first-order valence-electron chi connectivity index (χ1n) is 5.12. The molecule has 2 aromatic heterocycles. The maximum absolute atomic E-state index is 12.0. The Hall–Kier alpha value is -2.56. The molecule has 5 nitrogen and oxygen atoms in total. The number of carbonyl (C=O) groups excluding carboxylic acids is 1. The molecular formula is C12H9N3O2. The van der Waals surface area contributed by atoms with Crippen molar-refractivity contribution in [2.45, 2.75) is 0 Å². The molecule has 0 aliphatic heterocycles. The Balaban J connectivity index is 1.98. The summed E-state index contributed by atoms with van der Waals surface area (Å²) >= 11 is 0. The molecule has 2 N–H and O–H groups in total. The van der Waals surface area contributed by atoms with Crippen molar-refractivity contribution in [3.8, 4) is 0 Å². The van der Waals surface area contributed by atoms with Crippen molar-refractivity contribution in [2.24, 2.45) is 0 Å². The van der Waals surface area contributed by atoms with E-state index in [-0.39, 0.29) is 5.91 Å². The number of nitrogens with zero attached hydrogens (tertiary/aromatic N) is 1. The molecule has 0 saturated carbocycles. The Kier molecular flexibility index (Phi) is 2.15. The molecule has 0 unspecified atom stereocenters. The van der Waals surface area contributed by atoms with Gasteiger partial charge in [-0.05, 0) is 18.2 Å². The molecule has 1 amide bonds. The molecule has 0 aliphatic carbocycles. The van der Waals surface area contributed by atoms with Crippen molar-refractivity contribution in [2.75, 3.05) is 5.32 Å². The zero-order valence-corrected chi connectivity index (χ0v) is 8.81. The second kappa shape index (κ2) is 3.79. The Morgan fingerprint density at radius 3 is 3.06 bits per heavy atom. The molecule has 2 heterocycles. The average Bonchev–Trinajstić information content (AvgIpc) is 2.97. The molecule has 0 spiro atoms. The van der Waals surface area contributed by atoms with Gasteiger partial charge in [-0.2, -0.15) is 0 Å². The maximum Gasteiger partial charge on any atom is 0.257 e. The summed E-state index contributed by atoms with van der Waals surface area (Å²) in [5, 5.41) is 7.18. The number of amides is 1. The fraction of sp³-hybridized carbons (Fsp3) is 0. The summed E-state index contributed by atoms with van der Waals surface area (Å²) < 4.78 is 4.65. The van der Waals surface area contributed by atoms with Gasteiger partial charge in [0.05, 0.1) is 0 Å². The summed E-state index contributed by atoms with van der Waals surface area (Å²) in [6, 6.07) is 8.98. The van der Waals surface area contributed by atoms with Gasteiger partial charge in [-0.3, -0.25) is 4.79 Å². The minimum absolute atomic E-state index is 0.205. The van der Waals surface area contributed by atoms with Crippen LogP contribution in [0.1, 0.15) is 10.4 Å². The first-order chi connectivity index (χ1) is 8.34. The topological polar surface area (TPSA) is 70.9 Å². The quantitative estimate of drug-likeness (QED) is 0.706. The van der Waals surface area contributed by atoms with Gasteiger partial charge in [0.15, 0.2) is 5.82 Å². The molecule has 1 aromatic carbocycles. The van der Waals surface area contributed by atoms with Gasteiger partial charge >= 0.3 is 0 Å². The Bertz CT molecular complexity index is 655. The molecule has 0 fully saturated rings. The second-order valence-electron chi connectivity index (χ2n) is 3.58. The molecule has 84 valence electrons. The number of carbonyl (C=O) groups is 1. The predicted octanol–water partition coefficient (Wildman–Crippen LogP) is 2.41. The van der Waals surface area contributed by atoms with Gasteiger partial charge in [-0.15, -0.1) is 0 Å². The van der Waals surface area contributed by atoms with Crippen LogP contribution in [0, 0.1) is 0 Å². The summed E-state index contributed by atoms with van der Waals surface area (Å²) in [5.41, 5.74) is 1.53. The van der Waals surface area contributed by atoms with Crippen LogP contribution in [-0.2, 0) is 0 Å². The van der Waals surface area contributed by atoms with Crippen LogP contribution in [0.4, 0.5) is 5.82 Å². The molecule has 0 atom stereocenters. The number of fused-ring (bicyclic) bond motifs is 1.